The zero-order chi connectivity index (χ0) is 26.2. The summed E-state index contributed by atoms with van der Waals surface area (Å²) in [6.07, 6.45) is 1.71. The number of aliphatic hydroxyl groups is 1. The van der Waals surface area contributed by atoms with E-state index in [9.17, 15) is 18.7 Å². The predicted octanol–water partition coefficient (Wildman–Crippen LogP) is 4.33. The lowest BCUT2D eigenvalue weighted by molar-refractivity contribution is -0.123. The Morgan fingerprint density at radius 3 is 2.57 bits per heavy atom. The number of hydrogen-bond acceptors (Lipinski definition) is 5. The summed E-state index contributed by atoms with van der Waals surface area (Å²) in [5.74, 6) is -1.78. The second-order valence-electron chi connectivity index (χ2n) is 8.90. The summed E-state index contributed by atoms with van der Waals surface area (Å²) in [5.41, 5.74) is 3.42. The van der Waals surface area contributed by atoms with E-state index in [0.717, 1.165) is 28.6 Å². The van der Waals surface area contributed by atoms with E-state index >= 15 is 0 Å². The van der Waals surface area contributed by atoms with Gasteiger partial charge in [0.05, 0.1) is 17.0 Å². The average molecular weight is 525 g/mol. The molecule has 2 heterocycles. The lowest BCUT2D eigenvalue weighted by Crippen LogP contribution is -2.49. The Bertz CT molecular complexity index is 1290. The van der Waals surface area contributed by atoms with Crippen LogP contribution >= 0.6 is 11.3 Å². The standard InChI is InChI=1S/C28H30F2N4O2S/c1-2-19-5-3-6-20(11-19)16-31-17-26(35)25(14-21-12-22(29)15-23(30)13-21)32-28(36)18-34-9-8-24(33-34)27-7-4-10-37-27/h3-13,15,25-26,31,35H,2,14,16-18H2,1H3,(H,32,36)/t25?,26-/m1/s1. The third-order valence-corrected chi connectivity index (χ3v) is 6.88. The number of carbonyl (C=O) groups excluding carboxylic acids is 1. The Balaban J connectivity index is 1.41. The maximum atomic E-state index is 13.8. The fourth-order valence-corrected chi connectivity index (χ4v) is 4.83. The van der Waals surface area contributed by atoms with E-state index in [0.29, 0.717) is 12.1 Å². The van der Waals surface area contributed by atoms with Gasteiger partial charge in [0.1, 0.15) is 23.9 Å². The first-order valence-electron chi connectivity index (χ1n) is 12.2. The number of aryl methyl sites for hydroxylation is 1. The fourth-order valence-electron chi connectivity index (χ4n) is 4.14. The van der Waals surface area contributed by atoms with Gasteiger partial charge < -0.3 is 15.7 Å². The van der Waals surface area contributed by atoms with Crippen LogP contribution in [0.25, 0.3) is 10.6 Å². The molecule has 0 bridgehead atoms. The van der Waals surface area contributed by atoms with Gasteiger partial charge in [0.15, 0.2) is 0 Å². The maximum Gasteiger partial charge on any atom is 0.242 e. The Hall–Kier alpha value is -3.40. The monoisotopic (exact) mass is 524 g/mol. The number of benzene rings is 2. The van der Waals surface area contributed by atoms with Crippen molar-refractivity contribution in [3.8, 4) is 10.6 Å². The fraction of sp³-hybridized carbons (Fsp3) is 0.286. The van der Waals surface area contributed by atoms with Crippen molar-refractivity contribution < 1.29 is 18.7 Å². The summed E-state index contributed by atoms with van der Waals surface area (Å²) in [4.78, 5) is 13.9. The number of aliphatic hydroxyl groups excluding tert-OH is 1. The minimum atomic E-state index is -0.996. The smallest absolute Gasteiger partial charge is 0.242 e. The Kier molecular flexibility index (Phi) is 9.16. The first-order chi connectivity index (χ1) is 17.9. The van der Waals surface area contributed by atoms with Crippen LogP contribution in [0.5, 0.6) is 0 Å². The van der Waals surface area contributed by atoms with Crippen molar-refractivity contribution in [2.24, 2.45) is 0 Å². The molecule has 2 aromatic heterocycles. The number of nitrogens with one attached hydrogen (secondary N) is 2. The van der Waals surface area contributed by atoms with Gasteiger partial charge in [-0.05, 0) is 59.2 Å². The molecule has 0 radical (unpaired) electrons. The molecule has 3 N–H and O–H groups in total. The van der Waals surface area contributed by atoms with Crippen molar-refractivity contribution in [2.45, 2.75) is 45.0 Å². The van der Waals surface area contributed by atoms with Crippen LogP contribution in [-0.2, 0) is 30.7 Å². The van der Waals surface area contributed by atoms with Gasteiger partial charge in [-0.2, -0.15) is 5.10 Å². The second kappa shape index (κ2) is 12.7. The summed E-state index contributed by atoms with van der Waals surface area (Å²) >= 11 is 1.56. The topological polar surface area (TPSA) is 79.2 Å². The van der Waals surface area contributed by atoms with Crippen LogP contribution in [-0.4, -0.2) is 39.5 Å². The van der Waals surface area contributed by atoms with Gasteiger partial charge >= 0.3 is 0 Å². The third kappa shape index (κ3) is 7.79. The first-order valence-corrected chi connectivity index (χ1v) is 13.1. The molecule has 2 aromatic carbocycles. The average Bonchev–Trinajstić information content (AvgIpc) is 3.55. The Morgan fingerprint density at radius 1 is 1.05 bits per heavy atom. The van der Waals surface area contributed by atoms with E-state index < -0.39 is 23.8 Å². The molecule has 2 atom stereocenters. The minimum Gasteiger partial charge on any atom is -0.390 e. The van der Waals surface area contributed by atoms with E-state index in [1.807, 2.05) is 35.7 Å². The van der Waals surface area contributed by atoms with Gasteiger partial charge in [0.2, 0.25) is 5.91 Å². The molecule has 9 heteroatoms. The highest BCUT2D eigenvalue weighted by atomic mass is 32.1. The highest BCUT2D eigenvalue weighted by Crippen LogP contribution is 2.22. The molecular formula is C28H30F2N4O2S. The van der Waals surface area contributed by atoms with Gasteiger partial charge in [-0.15, -0.1) is 11.3 Å². The first kappa shape index (κ1) is 26.7. The molecule has 0 saturated carbocycles. The van der Waals surface area contributed by atoms with Crippen LogP contribution in [0, 0.1) is 11.6 Å². The summed E-state index contributed by atoms with van der Waals surface area (Å²) in [5, 5.41) is 23.4. The summed E-state index contributed by atoms with van der Waals surface area (Å²) in [6, 6.07) is 16.3. The molecule has 37 heavy (non-hydrogen) atoms. The van der Waals surface area contributed by atoms with Crippen LogP contribution in [0.1, 0.15) is 23.6 Å². The van der Waals surface area contributed by atoms with Gasteiger partial charge in [0.25, 0.3) is 0 Å². The van der Waals surface area contributed by atoms with Gasteiger partial charge in [-0.3, -0.25) is 9.48 Å². The van der Waals surface area contributed by atoms with Crippen molar-refractivity contribution >= 4 is 17.2 Å². The Morgan fingerprint density at radius 2 is 1.84 bits per heavy atom. The van der Waals surface area contributed by atoms with E-state index in [1.165, 1.54) is 22.4 Å². The number of halogens is 2. The normalized spacial score (nSPS) is 12.9. The van der Waals surface area contributed by atoms with Gasteiger partial charge in [-0.1, -0.05) is 37.3 Å². The van der Waals surface area contributed by atoms with Crippen LogP contribution in [0.15, 0.2) is 72.2 Å². The van der Waals surface area contributed by atoms with Gasteiger partial charge in [-0.25, -0.2) is 8.78 Å². The number of aromatic nitrogens is 2. The summed E-state index contributed by atoms with van der Waals surface area (Å²) < 4.78 is 29.1. The molecule has 0 aliphatic carbocycles. The quantitative estimate of drug-likeness (QED) is 0.258. The molecule has 0 aliphatic heterocycles. The van der Waals surface area contributed by atoms with Crippen molar-refractivity contribution in [3.63, 3.8) is 0 Å². The molecule has 0 aliphatic rings. The lowest BCUT2D eigenvalue weighted by atomic mass is 10.0. The van der Waals surface area contributed by atoms with E-state index in [-0.39, 0.29) is 25.4 Å². The number of carbonyl (C=O) groups is 1. The molecule has 4 aromatic rings. The van der Waals surface area contributed by atoms with Crippen LogP contribution in [0.3, 0.4) is 0 Å². The van der Waals surface area contributed by atoms with Crippen molar-refractivity contribution in [1.82, 2.24) is 20.4 Å². The molecule has 6 nitrogen and oxygen atoms in total. The zero-order valence-electron chi connectivity index (χ0n) is 20.5. The van der Waals surface area contributed by atoms with Crippen LogP contribution < -0.4 is 10.6 Å². The van der Waals surface area contributed by atoms with Crippen LogP contribution in [0.2, 0.25) is 0 Å². The van der Waals surface area contributed by atoms with E-state index in [2.05, 4.69) is 34.8 Å². The number of hydrogen-bond donors (Lipinski definition) is 3. The predicted molar refractivity (Wildman–Crippen MR) is 141 cm³/mol. The number of nitrogens with zero attached hydrogens (tertiary/aromatic N) is 2. The molecule has 194 valence electrons. The molecule has 4 rings (SSSR count). The van der Waals surface area contributed by atoms with E-state index in [1.54, 1.807) is 17.5 Å². The number of amides is 1. The van der Waals surface area contributed by atoms with Crippen molar-refractivity contribution in [3.05, 3.63) is 101 Å². The molecule has 1 unspecified atom stereocenters. The second-order valence-corrected chi connectivity index (χ2v) is 9.85. The number of rotatable bonds is 12. The summed E-state index contributed by atoms with van der Waals surface area (Å²) in [7, 11) is 0. The largest absolute Gasteiger partial charge is 0.390 e. The molecule has 0 fully saturated rings. The molecule has 0 spiro atoms. The van der Waals surface area contributed by atoms with Gasteiger partial charge in [0, 0.05) is 25.4 Å². The highest BCUT2D eigenvalue weighted by molar-refractivity contribution is 7.13. The van der Waals surface area contributed by atoms with Crippen molar-refractivity contribution in [2.75, 3.05) is 6.54 Å². The lowest BCUT2D eigenvalue weighted by Gasteiger charge is -2.25. The molecule has 0 saturated heterocycles. The zero-order valence-corrected chi connectivity index (χ0v) is 21.3. The Labute approximate surface area is 219 Å². The SMILES string of the molecule is CCc1cccc(CNC[C@@H](O)C(Cc2cc(F)cc(F)c2)NC(=O)Cn2ccc(-c3cccs3)n2)c1. The number of thiophene rings is 1. The van der Waals surface area contributed by atoms with E-state index in [4.69, 9.17) is 0 Å². The maximum absolute atomic E-state index is 13.8. The van der Waals surface area contributed by atoms with Crippen LogP contribution in [0.4, 0.5) is 8.78 Å². The highest BCUT2D eigenvalue weighted by Gasteiger charge is 2.23. The summed E-state index contributed by atoms with van der Waals surface area (Å²) in [6.45, 7) is 2.76. The molecular weight excluding hydrogens is 494 g/mol. The molecule has 1 amide bonds. The minimum absolute atomic E-state index is 0.0522. The van der Waals surface area contributed by atoms with Crippen molar-refractivity contribution in [1.29, 1.82) is 0 Å². The third-order valence-electron chi connectivity index (χ3n) is 5.99.